The molecule has 0 aliphatic heterocycles. The molecule has 0 atom stereocenters. The molecule has 0 radical (unpaired) electrons. The first kappa shape index (κ1) is 6.43. The number of aromatic amines is 1. The molecule has 0 saturated heterocycles. The fourth-order valence-electron chi connectivity index (χ4n) is 0.581. The van der Waals surface area contributed by atoms with Crippen LogP contribution in [0.25, 0.3) is 0 Å². The van der Waals surface area contributed by atoms with Crippen LogP contribution in [0.5, 0.6) is 5.75 Å². The number of nitrogens with one attached hydrogen (secondary N) is 1. The van der Waals surface area contributed by atoms with Gasteiger partial charge in [-0.2, -0.15) is 0 Å². The number of aromatic hydroxyl groups is 1. The lowest BCUT2D eigenvalue weighted by Crippen LogP contribution is -2.00. The van der Waals surface area contributed by atoms with Crippen LogP contribution in [0.3, 0.4) is 0 Å². The molecule has 50 valence electrons. The molecule has 3 heteroatoms. The van der Waals surface area contributed by atoms with Crippen molar-refractivity contribution in [2.24, 2.45) is 0 Å². The molecule has 3 nitrogen and oxygen atoms in total. The van der Waals surface area contributed by atoms with E-state index in [0.717, 1.165) is 0 Å². The standard InChI is InChI=1S/C7H5NO2/c1-2-5-7(10)6(9)3-4-8-5/h1,3-4,10H,(H,8,9). The Balaban J connectivity index is 3.46. The molecule has 0 aliphatic carbocycles. The lowest BCUT2D eigenvalue weighted by Gasteiger charge is -1.92. The Kier molecular flexibility index (Phi) is 1.46. The molecule has 0 saturated carbocycles. The SMILES string of the molecule is C#Cc1[nH]ccc(=O)c1O. The molecule has 0 fully saturated rings. The van der Waals surface area contributed by atoms with Crippen molar-refractivity contribution in [2.75, 3.05) is 0 Å². The van der Waals surface area contributed by atoms with Gasteiger partial charge in [0.15, 0.2) is 5.75 Å². The lowest BCUT2D eigenvalue weighted by atomic mass is 10.3. The van der Waals surface area contributed by atoms with Gasteiger partial charge in [0.05, 0.1) is 0 Å². The van der Waals surface area contributed by atoms with Gasteiger partial charge in [-0.1, -0.05) is 0 Å². The van der Waals surface area contributed by atoms with Crippen LogP contribution in [0.15, 0.2) is 17.1 Å². The molecule has 2 N–H and O–H groups in total. The summed E-state index contributed by atoms with van der Waals surface area (Å²) in [5.41, 5.74) is -0.348. The molecule has 0 bridgehead atoms. The van der Waals surface area contributed by atoms with E-state index in [1.807, 2.05) is 0 Å². The van der Waals surface area contributed by atoms with E-state index >= 15 is 0 Å². The van der Waals surface area contributed by atoms with Crippen LogP contribution in [-0.2, 0) is 0 Å². The summed E-state index contributed by atoms with van der Waals surface area (Å²) < 4.78 is 0. The first-order valence-corrected chi connectivity index (χ1v) is 2.63. The maximum absolute atomic E-state index is 10.6. The molecule has 10 heavy (non-hydrogen) atoms. The number of rotatable bonds is 0. The van der Waals surface area contributed by atoms with Crippen LogP contribution in [0.2, 0.25) is 0 Å². The topological polar surface area (TPSA) is 53.1 Å². The second kappa shape index (κ2) is 2.28. The quantitative estimate of drug-likeness (QED) is 0.494. The van der Waals surface area contributed by atoms with Gasteiger partial charge >= 0.3 is 0 Å². The van der Waals surface area contributed by atoms with Gasteiger partial charge in [0.1, 0.15) is 5.69 Å². The predicted molar refractivity (Wildman–Crippen MR) is 36.7 cm³/mol. The average Bonchev–Trinajstić information content (AvgIpc) is 1.95. The summed E-state index contributed by atoms with van der Waals surface area (Å²) in [6.45, 7) is 0. The summed E-state index contributed by atoms with van der Waals surface area (Å²) >= 11 is 0. The average molecular weight is 135 g/mol. The summed E-state index contributed by atoms with van der Waals surface area (Å²) in [6.07, 6.45) is 6.33. The Morgan fingerprint density at radius 3 is 2.90 bits per heavy atom. The summed E-state index contributed by atoms with van der Waals surface area (Å²) in [6, 6.07) is 1.20. The van der Waals surface area contributed by atoms with Gasteiger partial charge < -0.3 is 10.1 Å². The number of pyridine rings is 1. The van der Waals surface area contributed by atoms with Gasteiger partial charge in [0, 0.05) is 12.3 Å². The molecular formula is C7H5NO2. The van der Waals surface area contributed by atoms with E-state index in [-0.39, 0.29) is 5.69 Å². The number of aromatic nitrogens is 1. The van der Waals surface area contributed by atoms with E-state index in [1.165, 1.54) is 12.3 Å². The van der Waals surface area contributed by atoms with Gasteiger partial charge in [-0.25, -0.2) is 0 Å². The van der Waals surface area contributed by atoms with Gasteiger partial charge in [-0.3, -0.25) is 4.79 Å². The third-order valence-corrected chi connectivity index (χ3v) is 1.08. The van der Waals surface area contributed by atoms with Crippen LogP contribution >= 0.6 is 0 Å². The third-order valence-electron chi connectivity index (χ3n) is 1.08. The van der Waals surface area contributed by atoms with Crippen LogP contribution in [0.1, 0.15) is 5.69 Å². The van der Waals surface area contributed by atoms with Crippen molar-refractivity contribution < 1.29 is 5.11 Å². The fraction of sp³-hybridized carbons (Fsp3) is 0. The predicted octanol–water partition coefficient (Wildman–Crippen LogP) is 0.0618. The molecular weight excluding hydrogens is 130 g/mol. The minimum atomic E-state index is -0.466. The molecule has 1 heterocycles. The highest BCUT2D eigenvalue weighted by Gasteiger charge is 1.99. The molecule has 0 aromatic carbocycles. The molecule has 1 aromatic heterocycles. The zero-order chi connectivity index (χ0) is 7.56. The van der Waals surface area contributed by atoms with Crippen molar-refractivity contribution in [2.45, 2.75) is 0 Å². The van der Waals surface area contributed by atoms with Crippen molar-refractivity contribution >= 4 is 0 Å². The first-order valence-electron chi connectivity index (χ1n) is 2.63. The zero-order valence-electron chi connectivity index (χ0n) is 5.09. The Morgan fingerprint density at radius 1 is 1.70 bits per heavy atom. The lowest BCUT2D eigenvalue weighted by molar-refractivity contribution is 0.465. The number of hydrogen-bond donors (Lipinski definition) is 2. The molecule has 0 aliphatic rings. The van der Waals surface area contributed by atoms with Gasteiger partial charge in [0.2, 0.25) is 5.43 Å². The molecule has 0 amide bonds. The van der Waals surface area contributed by atoms with Crippen molar-refractivity contribution in [3.8, 4) is 18.1 Å². The number of hydrogen-bond acceptors (Lipinski definition) is 2. The fourth-order valence-corrected chi connectivity index (χ4v) is 0.581. The van der Waals surface area contributed by atoms with E-state index in [2.05, 4.69) is 10.9 Å². The van der Waals surface area contributed by atoms with Gasteiger partial charge in [-0.15, -0.1) is 6.42 Å². The van der Waals surface area contributed by atoms with Crippen LogP contribution in [-0.4, -0.2) is 10.1 Å². The van der Waals surface area contributed by atoms with E-state index in [1.54, 1.807) is 0 Å². The maximum Gasteiger partial charge on any atom is 0.224 e. The van der Waals surface area contributed by atoms with E-state index in [9.17, 15) is 4.79 Å². The van der Waals surface area contributed by atoms with Crippen molar-refractivity contribution in [1.82, 2.24) is 4.98 Å². The summed E-state index contributed by atoms with van der Waals surface area (Å²) in [5.74, 6) is 1.73. The summed E-state index contributed by atoms with van der Waals surface area (Å²) in [5, 5.41) is 8.91. The normalized spacial score (nSPS) is 8.70. The number of terminal acetylenes is 1. The Hall–Kier alpha value is -1.69. The largest absolute Gasteiger partial charge is 0.502 e. The highest BCUT2D eigenvalue weighted by atomic mass is 16.3. The highest BCUT2D eigenvalue weighted by molar-refractivity contribution is 5.37. The van der Waals surface area contributed by atoms with Gasteiger partial charge in [-0.05, 0) is 5.92 Å². The first-order chi connectivity index (χ1) is 4.75. The number of H-pyrrole nitrogens is 1. The van der Waals surface area contributed by atoms with Crippen LogP contribution < -0.4 is 5.43 Å². The Labute approximate surface area is 57.3 Å². The van der Waals surface area contributed by atoms with Crippen molar-refractivity contribution in [3.63, 3.8) is 0 Å². The Bertz CT molecular complexity index is 332. The second-order valence-electron chi connectivity index (χ2n) is 1.71. The zero-order valence-corrected chi connectivity index (χ0v) is 5.09. The van der Waals surface area contributed by atoms with Crippen LogP contribution in [0, 0.1) is 12.3 Å². The smallest absolute Gasteiger partial charge is 0.224 e. The maximum atomic E-state index is 10.6. The van der Waals surface area contributed by atoms with E-state index < -0.39 is 11.2 Å². The monoisotopic (exact) mass is 135 g/mol. The summed E-state index contributed by atoms with van der Waals surface area (Å²) in [4.78, 5) is 13.2. The van der Waals surface area contributed by atoms with Gasteiger partial charge in [0.25, 0.3) is 0 Å². The summed E-state index contributed by atoms with van der Waals surface area (Å²) in [7, 11) is 0. The minimum Gasteiger partial charge on any atom is -0.502 e. The second-order valence-corrected chi connectivity index (χ2v) is 1.71. The molecule has 0 unspecified atom stereocenters. The van der Waals surface area contributed by atoms with E-state index in [4.69, 9.17) is 11.5 Å². The molecule has 0 spiro atoms. The van der Waals surface area contributed by atoms with Crippen molar-refractivity contribution in [3.05, 3.63) is 28.2 Å². The molecule has 1 aromatic rings. The molecule has 1 rings (SSSR count). The van der Waals surface area contributed by atoms with E-state index in [0.29, 0.717) is 0 Å². The van der Waals surface area contributed by atoms with Crippen molar-refractivity contribution in [1.29, 1.82) is 0 Å². The van der Waals surface area contributed by atoms with Crippen LogP contribution in [0.4, 0.5) is 0 Å². The highest BCUT2D eigenvalue weighted by Crippen LogP contribution is 2.02. The minimum absolute atomic E-state index is 0.118. The Morgan fingerprint density at radius 2 is 2.40 bits per heavy atom. The third kappa shape index (κ3) is 0.869.